The number of phenols is 1. The minimum Gasteiger partial charge on any atom is -0.508 e. The molecule has 15 heavy (non-hydrogen) atoms. The third-order valence-corrected chi connectivity index (χ3v) is 1.73. The molecule has 0 aliphatic rings. The lowest BCUT2D eigenvalue weighted by Crippen LogP contribution is -1.95. The molecule has 0 saturated carbocycles. The van der Waals surface area contributed by atoms with Crippen LogP contribution < -0.4 is 0 Å². The highest BCUT2D eigenvalue weighted by atomic mass is 16.5. The number of aromatic hydroxyl groups is 1. The summed E-state index contributed by atoms with van der Waals surface area (Å²) < 4.78 is 4.49. The van der Waals surface area contributed by atoms with Crippen LogP contribution in [0.2, 0.25) is 0 Å². The van der Waals surface area contributed by atoms with Crippen molar-refractivity contribution in [3.8, 4) is 17.1 Å². The van der Waals surface area contributed by atoms with Gasteiger partial charge in [-0.1, -0.05) is 5.16 Å². The summed E-state index contributed by atoms with van der Waals surface area (Å²) in [5.74, 6) is -1.45. The maximum Gasteiger partial charge on any atom is 0.394 e. The zero-order valence-electron chi connectivity index (χ0n) is 7.41. The Bertz CT molecular complexity index is 489. The average molecular weight is 206 g/mol. The largest absolute Gasteiger partial charge is 0.508 e. The van der Waals surface area contributed by atoms with E-state index in [9.17, 15) is 4.79 Å². The number of phenolic OH excluding ortho intramolecular Hbond substituents is 1. The average Bonchev–Trinajstić information content (AvgIpc) is 2.68. The predicted molar refractivity (Wildman–Crippen MR) is 48.4 cm³/mol. The Hall–Kier alpha value is -2.37. The first kappa shape index (κ1) is 9.20. The molecule has 0 radical (unpaired) electrons. The molecule has 2 aromatic rings. The van der Waals surface area contributed by atoms with Gasteiger partial charge in [0, 0.05) is 5.56 Å². The summed E-state index contributed by atoms with van der Waals surface area (Å²) in [6.45, 7) is 0. The normalized spacial score (nSPS) is 10.1. The number of carboxylic acids is 1. The van der Waals surface area contributed by atoms with Gasteiger partial charge in [0.2, 0.25) is 5.82 Å². The zero-order valence-corrected chi connectivity index (χ0v) is 7.41. The van der Waals surface area contributed by atoms with Gasteiger partial charge in [0.15, 0.2) is 0 Å². The Morgan fingerprint density at radius 2 is 1.93 bits per heavy atom. The summed E-state index contributed by atoms with van der Waals surface area (Å²) in [6.07, 6.45) is 0. The fourth-order valence-electron chi connectivity index (χ4n) is 1.04. The van der Waals surface area contributed by atoms with Crippen molar-refractivity contribution in [1.29, 1.82) is 0 Å². The third kappa shape index (κ3) is 1.78. The van der Waals surface area contributed by atoms with Crippen LogP contribution in [0.15, 0.2) is 28.8 Å². The van der Waals surface area contributed by atoms with Crippen LogP contribution >= 0.6 is 0 Å². The molecule has 2 N–H and O–H groups in total. The van der Waals surface area contributed by atoms with Crippen molar-refractivity contribution in [2.24, 2.45) is 0 Å². The standard InChI is InChI=1S/C9H6N2O4/c12-6-3-1-5(2-4-6)7-10-8(9(13)14)15-11-7/h1-4,12H,(H,13,14). The summed E-state index contributed by atoms with van der Waals surface area (Å²) in [6, 6.07) is 6.02. The summed E-state index contributed by atoms with van der Waals surface area (Å²) in [4.78, 5) is 14.1. The van der Waals surface area contributed by atoms with Gasteiger partial charge in [-0.3, -0.25) is 0 Å². The molecule has 0 aliphatic carbocycles. The van der Waals surface area contributed by atoms with Gasteiger partial charge in [-0.2, -0.15) is 4.98 Å². The molecule has 1 heterocycles. The number of hydrogen-bond acceptors (Lipinski definition) is 5. The Morgan fingerprint density at radius 3 is 2.47 bits per heavy atom. The number of benzene rings is 1. The van der Waals surface area contributed by atoms with Crippen molar-refractivity contribution in [2.45, 2.75) is 0 Å². The summed E-state index contributed by atoms with van der Waals surface area (Å²) >= 11 is 0. The van der Waals surface area contributed by atoms with Crippen molar-refractivity contribution in [2.75, 3.05) is 0 Å². The lowest BCUT2D eigenvalue weighted by molar-refractivity contribution is 0.0643. The van der Waals surface area contributed by atoms with Gasteiger partial charge in [-0.05, 0) is 24.3 Å². The highest BCUT2D eigenvalue weighted by Gasteiger charge is 2.14. The molecule has 0 amide bonds. The number of aromatic carboxylic acids is 1. The van der Waals surface area contributed by atoms with E-state index in [1.807, 2.05) is 0 Å². The Morgan fingerprint density at radius 1 is 1.27 bits per heavy atom. The topological polar surface area (TPSA) is 96.5 Å². The molecule has 0 unspecified atom stereocenters. The summed E-state index contributed by atoms with van der Waals surface area (Å²) in [5, 5.41) is 21.1. The smallest absolute Gasteiger partial charge is 0.394 e. The third-order valence-electron chi connectivity index (χ3n) is 1.73. The molecule has 0 fully saturated rings. The van der Waals surface area contributed by atoms with E-state index < -0.39 is 11.9 Å². The highest BCUT2D eigenvalue weighted by molar-refractivity contribution is 5.82. The van der Waals surface area contributed by atoms with Gasteiger partial charge >= 0.3 is 11.9 Å². The van der Waals surface area contributed by atoms with Crippen LogP contribution in [0, 0.1) is 0 Å². The molecule has 76 valence electrons. The molecular weight excluding hydrogens is 200 g/mol. The van der Waals surface area contributed by atoms with Gasteiger partial charge in [0.05, 0.1) is 0 Å². The highest BCUT2D eigenvalue weighted by Crippen LogP contribution is 2.18. The number of nitrogens with zero attached hydrogens (tertiary/aromatic N) is 2. The maximum atomic E-state index is 10.5. The first-order chi connectivity index (χ1) is 7.16. The fraction of sp³-hybridized carbons (Fsp3) is 0. The van der Waals surface area contributed by atoms with Crippen molar-refractivity contribution in [3.63, 3.8) is 0 Å². The monoisotopic (exact) mass is 206 g/mol. The van der Waals surface area contributed by atoms with Crippen molar-refractivity contribution >= 4 is 5.97 Å². The number of hydrogen-bond donors (Lipinski definition) is 2. The predicted octanol–water partition coefficient (Wildman–Crippen LogP) is 1.14. The van der Waals surface area contributed by atoms with E-state index in [0.717, 1.165) is 0 Å². The Balaban J connectivity index is 2.37. The maximum absolute atomic E-state index is 10.5. The van der Waals surface area contributed by atoms with Crippen LogP contribution in [0.3, 0.4) is 0 Å². The lowest BCUT2D eigenvalue weighted by Gasteiger charge is -1.93. The van der Waals surface area contributed by atoms with E-state index in [-0.39, 0.29) is 11.6 Å². The Labute approximate surface area is 83.8 Å². The minimum atomic E-state index is -1.27. The second kappa shape index (κ2) is 3.41. The van der Waals surface area contributed by atoms with Crippen LogP contribution in [0.25, 0.3) is 11.4 Å². The van der Waals surface area contributed by atoms with Gasteiger partial charge < -0.3 is 14.7 Å². The molecule has 0 aliphatic heterocycles. The molecule has 0 spiro atoms. The van der Waals surface area contributed by atoms with E-state index in [2.05, 4.69) is 14.7 Å². The molecule has 0 atom stereocenters. The van der Waals surface area contributed by atoms with E-state index in [1.165, 1.54) is 12.1 Å². The molecule has 0 bridgehead atoms. The molecule has 0 saturated heterocycles. The molecule has 1 aromatic heterocycles. The van der Waals surface area contributed by atoms with E-state index in [4.69, 9.17) is 10.2 Å². The van der Waals surface area contributed by atoms with Crippen LogP contribution in [0.4, 0.5) is 0 Å². The van der Waals surface area contributed by atoms with Crippen LogP contribution in [-0.4, -0.2) is 26.3 Å². The Kier molecular flexibility index (Phi) is 2.09. The van der Waals surface area contributed by atoms with Crippen LogP contribution in [-0.2, 0) is 0 Å². The van der Waals surface area contributed by atoms with Gasteiger partial charge in [-0.15, -0.1) is 0 Å². The SMILES string of the molecule is O=C(O)c1nc(-c2ccc(O)cc2)no1. The first-order valence-corrected chi connectivity index (χ1v) is 4.03. The van der Waals surface area contributed by atoms with Crippen LogP contribution in [0.1, 0.15) is 10.7 Å². The van der Waals surface area contributed by atoms with E-state index in [0.29, 0.717) is 5.56 Å². The number of carboxylic acid groups (broad SMARTS) is 1. The van der Waals surface area contributed by atoms with Gasteiger partial charge in [0.1, 0.15) is 5.75 Å². The van der Waals surface area contributed by atoms with E-state index >= 15 is 0 Å². The minimum absolute atomic E-state index is 0.112. The van der Waals surface area contributed by atoms with Crippen molar-refractivity contribution < 1.29 is 19.5 Å². The number of carbonyl (C=O) groups is 1. The molecule has 2 rings (SSSR count). The number of rotatable bonds is 2. The van der Waals surface area contributed by atoms with Crippen LogP contribution in [0.5, 0.6) is 5.75 Å². The van der Waals surface area contributed by atoms with Crippen molar-refractivity contribution in [1.82, 2.24) is 10.1 Å². The second-order valence-corrected chi connectivity index (χ2v) is 2.78. The lowest BCUT2D eigenvalue weighted by atomic mass is 10.2. The first-order valence-electron chi connectivity index (χ1n) is 4.03. The molecular formula is C9H6N2O4. The molecule has 1 aromatic carbocycles. The molecule has 6 heteroatoms. The second-order valence-electron chi connectivity index (χ2n) is 2.78. The number of aromatic nitrogens is 2. The quantitative estimate of drug-likeness (QED) is 0.764. The van der Waals surface area contributed by atoms with Crippen molar-refractivity contribution in [3.05, 3.63) is 30.2 Å². The fourth-order valence-corrected chi connectivity index (χ4v) is 1.04. The summed E-state index contributed by atoms with van der Waals surface area (Å²) in [5.41, 5.74) is 0.573. The molecule has 6 nitrogen and oxygen atoms in total. The summed E-state index contributed by atoms with van der Waals surface area (Å²) in [7, 11) is 0. The van der Waals surface area contributed by atoms with Gasteiger partial charge in [0.25, 0.3) is 0 Å². The van der Waals surface area contributed by atoms with E-state index in [1.54, 1.807) is 12.1 Å². The van der Waals surface area contributed by atoms with Gasteiger partial charge in [-0.25, -0.2) is 4.79 Å². The zero-order chi connectivity index (χ0) is 10.8.